The van der Waals surface area contributed by atoms with Gasteiger partial charge >= 0.3 is 0 Å². The molecule has 12 aromatic rings. The number of hydrogen-bond acceptors (Lipinski definition) is 0. The van der Waals surface area contributed by atoms with Crippen LogP contribution in [-0.4, -0.2) is 0 Å². The number of rotatable bonds is 2. The minimum absolute atomic E-state index is 0.481. The van der Waals surface area contributed by atoms with Crippen LogP contribution in [0.2, 0.25) is 0 Å². The molecule has 0 unspecified atom stereocenters. The molecule has 0 fully saturated rings. The molecule has 0 saturated heterocycles. The summed E-state index contributed by atoms with van der Waals surface area (Å²) in [6.45, 7) is 0. The van der Waals surface area contributed by atoms with Gasteiger partial charge in [0.2, 0.25) is 0 Å². The van der Waals surface area contributed by atoms with Gasteiger partial charge in [-0.3, -0.25) is 0 Å². The van der Waals surface area contributed by atoms with Gasteiger partial charge in [0.25, 0.3) is 0 Å². The summed E-state index contributed by atoms with van der Waals surface area (Å²) in [7, 11) is 0. The predicted octanol–water partition coefficient (Wildman–Crippen LogP) is 16.3. The molecule has 2 aliphatic carbocycles. The number of benzene rings is 12. The van der Waals surface area contributed by atoms with Crippen molar-refractivity contribution in [2.24, 2.45) is 0 Å². The molecule has 0 nitrogen and oxygen atoms in total. The zero-order valence-corrected chi connectivity index (χ0v) is 33.3. The molecule has 1 spiro atoms. The summed E-state index contributed by atoms with van der Waals surface area (Å²) in [5.74, 6) is 0. The fourth-order valence-corrected chi connectivity index (χ4v) is 11.9. The molecule has 2 aliphatic rings. The summed E-state index contributed by atoms with van der Waals surface area (Å²) in [6, 6.07) is 82.4. The molecule has 0 saturated carbocycles. The Labute approximate surface area is 353 Å². The van der Waals surface area contributed by atoms with E-state index in [4.69, 9.17) is 0 Å². The van der Waals surface area contributed by atoms with Crippen molar-refractivity contribution < 1.29 is 0 Å². The smallest absolute Gasteiger partial charge is 0.0619 e. The second-order valence-electron chi connectivity index (χ2n) is 17.0. The van der Waals surface area contributed by atoms with Gasteiger partial charge in [0.15, 0.2) is 0 Å². The molecule has 0 radical (unpaired) electrons. The van der Waals surface area contributed by atoms with Crippen LogP contribution in [0, 0.1) is 0 Å². The molecule has 0 atom stereocenters. The third-order valence-electron chi connectivity index (χ3n) is 14.2. The molecule has 14 rings (SSSR count). The minimum atomic E-state index is -0.481. The van der Waals surface area contributed by atoms with Gasteiger partial charge in [-0.2, -0.15) is 0 Å². The van der Waals surface area contributed by atoms with Crippen molar-refractivity contribution in [1.29, 1.82) is 0 Å². The van der Waals surface area contributed by atoms with Gasteiger partial charge in [0.05, 0.1) is 5.41 Å². The van der Waals surface area contributed by atoms with E-state index in [0.29, 0.717) is 0 Å². The maximum absolute atomic E-state index is 2.56. The first kappa shape index (κ1) is 33.1. The fourth-order valence-electron chi connectivity index (χ4n) is 11.9. The summed E-state index contributed by atoms with van der Waals surface area (Å²) < 4.78 is 0. The normalized spacial score (nSPS) is 13.4. The van der Waals surface area contributed by atoms with Gasteiger partial charge in [-0.1, -0.05) is 200 Å². The van der Waals surface area contributed by atoms with Gasteiger partial charge in [-0.15, -0.1) is 0 Å². The lowest BCUT2D eigenvalue weighted by Gasteiger charge is -2.32. The van der Waals surface area contributed by atoms with E-state index < -0.39 is 5.41 Å². The lowest BCUT2D eigenvalue weighted by atomic mass is 9.69. The van der Waals surface area contributed by atoms with Crippen LogP contribution in [0.4, 0.5) is 0 Å². The maximum Gasteiger partial charge on any atom is 0.0731 e. The average molecular weight is 769 g/mol. The predicted molar refractivity (Wildman–Crippen MR) is 259 cm³/mol. The Morgan fingerprint density at radius 2 is 0.705 bits per heavy atom. The van der Waals surface area contributed by atoms with Crippen LogP contribution in [0.1, 0.15) is 22.3 Å². The molecule has 0 amide bonds. The van der Waals surface area contributed by atoms with Crippen molar-refractivity contribution in [1.82, 2.24) is 0 Å². The molecule has 61 heavy (non-hydrogen) atoms. The van der Waals surface area contributed by atoms with E-state index in [1.165, 1.54) is 131 Å². The molecule has 12 aromatic carbocycles. The Balaban J connectivity index is 1.09. The Hall–Kier alpha value is -7.80. The van der Waals surface area contributed by atoms with Crippen LogP contribution in [0.25, 0.3) is 109 Å². The third-order valence-corrected chi connectivity index (χ3v) is 14.2. The lowest BCUT2D eigenvalue weighted by molar-refractivity contribution is 0.803. The topological polar surface area (TPSA) is 0 Å². The van der Waals surface area contributed by atoms with Gasteiger partial charge in [0.1, 0.15) is 0 Å². The number of hydrogen-bond donors (Lipinski definition) is 0. The molecule has 0 N–H and O–H groups in total. The van der Waals surface area contributed by atoms with Gasteiger partial charge in [0, 0.05) is 0 Å². The quantitative estimate of drug-likeness (QED) is 0.121. The minimum Gasteiger partial charge on any atom is -0.0619 e. The standard InChI is InChI=1S/C61H36/c1-2-18-41-37(16-1)17-15-29-46(41)58-50-26-8-6-24-48(50)57(49-25-7-9-27-51(49)58)39-33-32-38-35-53-56(36-40(38)34-39)61(54-30-13-11-21-44(54)45-22-12-14-31-55(45)61)60-52-28-10-4-20-43(52)42-19-3-5-23-47(42)59(53)60/h1-36H. The molecule has 0 heteroatoms. The fraction of sp³-hybridized carbons (Fsp3) is 0.0164. The van der Waals surface area contributed by atoms with E-state index in [9.17, 15) is 0 Å². The Kier molecular flexibility index (Phi) is 6.58. The van der Waals surface area contributed by atoms with Crippen molar-refractivity contribution in [2.45, 2.75) is 5.41 Å². The Morgan fingerprint density at radius 1 is 0.230 bits per heavy atom. The Bertz CT molecular complexity index is 3770. The molecular formula is C61H36. The SMILES string of the molecule is c1ccc2c(c1)-c1ccccc1C21c2cc3cc(-c4c5ccccc5c(-c5cccc6ccccc56)c5ccccc45)ccc3cc2-c2c1c1ccccc1c1ccccc21. The second-order valence-corrected chi connectivity index (χ2v) is 17.0. The average Bonchev–Trinajstić information content (AvgIpc) is 3.79. The van der Waals surface area contributed by atoms with Crippen LogP contribution >= 0.6 is 0 Å². The zero-order valence-electron chi connectivity index (χ0n) is 33.3. The van der Waals surface area contributed by atoms with Gasteiger partial charge in [-0.25, -0.2) is 0 Å². The molecule has 0 bridgehead atoms. The van der Waals surface area contributed by atoms with Crippen molar-refractivity contribution in [3.8, 4) is 44.5 Å². The van der Waals surface area contributed by atoms with Crippen LogP contribution in [0.3, 0.4) is 0 Å². The molecule has 0 aromatic heterocycles. The highest BCUT2D eigenvalue weighted by Gasteiger charge is 2.53. The van der Waals surface area contributed by atoms with E-state index in [1.807, 2.05) is 0 Å². The van der Waals surface area contributed by atoms with Crippen LogP contribution in [0.15, 0.2) is 218 Å². The highest BCUT2D eigenvalue weighted by atomic mass is 14.5. The van der Waals surface area contributed by atoms with Crippen LogP contribution < -0.4 is 0 Å². The summed E-state index contributed by atoms with van der Waals surface area (Å²) in [5.41, 5.74) is 15.5. The number of fused-ring (bicyclic) bond motifs is 19. The molecule has 0 heterocycles. The van der Waals surface area contributed by atoms with Crippen molar-refractivity contribution >= 4 is 64.6 Å². The molecule has 0 aliphatic heterocycles. The Morgan fingerprint density at radius 3 is 1.36 bits per heavy atom. The van der Waals surface area contributed by atoms with Crippen LogP contribution in [0.5, 0.6) is 0 Å². The van der Waals surface area contributed by atoms with Crippen molar-refractivity contribution in [2.75, 3.05) is 0 Å². The first-order valence-corrected chi connectivity index (χ1v) is 21.4. The van der Waals surface area contributed by atoms with Crippen molar-refractivity contribution in [3.05, 3.63) is 241 Å². The van der Waals surface area contributed by atoms with Crippen molar-refractivity contribution in [3.63, 3.8) is 0 Å². The van der Waals surface area contributed by atoms with E-state index in [1.54, 1.807) is 0 Å². The summed E-state index contributed by atoms with van der Waals surface area (Å²) in [5, 5.41) is 15.4. The summed E-state index contributed by atoms with van der Waals surface area (Å²) in [4.78, 5) is 0. The second kappa shape index (κ2) is 12.1. The molecule has 280 valence electrons. The summed E-state index contributed by atoms with van der Waals surface area (Å²) in [6.07, 6.45) is 0. The maximum atomic E-state index is 2.56. The van der Waals surface area contributed by atoms with E-state index in [-0.39, 0.29) is 0 Å². The first-order chi connectivity index (χ1) is 30.3. The highest BCUT2D eigenvalue weighted by Crippen LogP contribution is 2.66. The van der Waals surface area contributed by atoms with E-state index in [0.717, 1.165) is 0 Å². The van der Waals surface area contributed by atoms with E-state index >= 15 is 0 Å². The van der Waals surface area contributed by atoms with Crippen LogP contribution in [-0.2, 0) is 5.41 Å². The van der Waals surface area contributed by atoms with E-state index in [2.05, 4.69) is 218 Å². The molecular weight excluding hydrogens is 733 g/mol. The lowest BCUT2D eigenvalue weighted by Crippen LogP contribution is -2.26. The monoisotopic (exact) mass is 768 g/mol. The van der Waals surface area contributed by atoms with Gasteiger partial charge < -0.3 is 0 Å². The first-order valence-electron chi connectivity index (χ1n) is 21.4. The van der Waals surface area contributed by atoms with Gasteiger partial charge in [-0.05, 0) is 150 Å². The summed E-state index contributed by atoms with van der Waals surface area (Å²) >= 11 is 0. The largest absolute Gasteiger partial charge is 0.0731 e. The zero-order chi connectivity index (χ0) is 39.8. The highest BCUT2D eigenvalue weighted by molar-refractivity contribution is 6.24. The third kappa shape index (κ3) is 4.24.